The number of rotatable bonds is 4. The summed E-state index contributed by atoms with van der Waals surface area (Å²) in [6.45, 7) is 2.80. The van der Waals surface area contributed by atoms with Crippen LogP contribution in [0.3, 0.4) is 0 Å². The van der Waals surface area contributed by atoms with E-state index < -0.39 is 11.9 Å². The molecule has 0 aliphatic rings. The van der Waals surface area contributed by atoms with Gasteiger partial charge < -0.3 is 41.2 Å². The molecule has 0 amide bonds. The van der Waals surface area contributed by atoms with E-state index in [0.29, 0.717) is 0 Å². The van der Waals surface area contributed by atoms with Gasteiger partial charge in [-0.1, -0.05) is 10.3 Å². The average molecular weight is 329 g/mol. The van der Waals surface area contributed by atoms with Gasteiger partial charge in [-0.25, -0.2) is 0 Å². The molecule has 0 saturated carbocycles. The van der Waals surface area contributed by atoms with Gasteiger partial charge in [0.05, 0.1) is 11.4 Å². The van der Waals surface area contributed by atoms with Crippen LogP contribution in [0.5, 0.6) is 0 Å². The predicted octanol–water partition coefficient (Wildman–Crippen LogP) is -3.89. The van der Waals surface area contributed by atoms with Gasteiger partial charge in [-0.05, 0) is 13.8 Å². The van der Waals surface area contributed by atoms with Crippen molar-refractivity contribution in [2.45, 2.75) is 26.7 Å². The van der Waals surface area contributed by atoms with Gasteiger partial charge in [0.1, 0.15) is 0 Å². The molecular weight excluding hydrogens is 311 g/mol. The SMILES string of the molecule is C/C(CC(=O)[O-])=N\O.C/C(CC(=O)[O-])=N\O.[Ni+2].[OH3+].[OH3+]. The van der Waals surface area contributed by atoms with E-state index in [1.54, 1.807) is 0 Å². The molecule has 0 aromatic rings. The summed E-state index contributed by atoms with van der Waals surface area (Å²) >= 11 is 0. The van der Waals surface area contributed by atoms with Crippen molar-refractivity contribution in [3.05, 3.63) is 0 Å². The Morgan fingerprint density at radius 3 is 1.16 bits per heavy atom. The number of carboxylic acids is 2. The van der Waals surface area contributed by atoms with Gasteiger partial charge in [0, 0.05) is 24.8 Å². The molecule has 0 bridgehead atoms. The Kier molecular flexibility index (Phi) is 29.8. The number of aliphatic carboxylic acids is 2. The molecule has 0 heterocycles. The van der Waals surface area contributed by atoms with Crippen molar-refractivity contribution in [1.82, 2.24) is 0 Å². The van der Waals surface area contributed by atoms with Gasteiger partial charge in [0.2, 0.25) is 0 Å². The molecule has 0 spiro atoms. The van der Waals surface area contributed by atoms with E-state index >= 15 is 0 Å². The van der Waals surface area contributed by atoms with Gasteiger partial charge in [0.25, 0.3) is 0 Å². The molecule has 0 atom stereocenters. The van der Waals surface area contributed by atoms with Crippen molar-refractivity contribution in [2.24, 2.45) is 10.3 Å². The molecule has 10 nitrogen and oxygen atoms in total. The van der Waals surface area contributed by atoms with Crippen LogP contribution in [-0.2, 0) is 37.0 Å². The molecule has 8 N–H and O–H groups in total. The molecule has 0 unspecified atom stereocenters. The Labute approximate surface area is 119 Å². The van der Waals surface area contributed by atoms with Crippen molar-refractivity contribution < 1.29 is 57.7 Å². The fourth-order valence-corrected chi connectivity index (χ4v) is 0.488. The van der Waals surface area contributed by atoms with Crippen LogP contribution in [0.4, 0.5) is 0 Å². The van der Waals surface area contributed by atoms with Crippen LogP contribution in [-0.4, -0.2) is 33.8 Å². The number of carboxylic acid groups (broad SMARTS) is 2. The van der Waals surface area contributed by atoms with E-state index in [4.69, 9.17) is 10.4 Å². The summed E-state index contributed by atoms with van der Waals surface area (Å²) in [5, 5.41) is 40.3. The van der Waals surface area contributed by atoms with Crippen molar-refractivity contribution in [3.63, 3.8) is 0 Å². The summed E-state index contributed by atoms with van der Waals surface area (Å²) in [7, 11) is 0. The van der Waals surface area contributed by atoms with Crippen LogP contribution in [0.1, 0.15) is 26.7 Å². The minimum absolute atomic E-state index is 0. The summed E-state index contributed by atoms with van der Waals surface area (Å²) in [6.07, 6.45) is -0.618. The molecule has 0 aliphatic carbocycles. The third-order valence-electron chi connectivity index (χ3n) is 1.14. The largest absolute Gasteiger partial charge is 2.00 e. The monoisotopic (exact) mass is 328 g/mol. The molecule has 0 aromatic carbocycles. The molecule has 0 saturated heterocycles. The van der Waals surface area contributed by atoms with Crippen molar-refractivity contribution in [2.75, 3.05) is 0 Å². The zero-order valence-electron chi connectivity index (χ0n) is 10.3. The maximum atomic E-state index is 9.67. The normalized spacial score (nSPS) is 9.58. The van der Waals surface area contributed by atoms with Gasteiger partial charge in [-0.2, -0.15) is 0 Å². The van der Waals surface area contributed by atoms with E-state index in [1.165, 1.54) is 13.8 Å². The second-order valence-electron chi connectivity index (χ2n) is 2.77. The Morgan fingerprint density at radius 1 is 0.895 bits per heavy atom. The first-order chi connectivity index (χ1) is 7.33. The van der Waals surface area contributed by atoms with Gasteiger partial charge in [-0.3, -0.25) is 0 Å². The molecule has 19 heavy (non-hydrogen) atoms. The number of oxime groups is 2. The summed E-state index contributed by atoms with van der Waals surface area (Å²) in [5.41, 5.74) is 0.287. The summed E-state index contributed by atoms with van der Waals surface area (Å²) in [5.74, 6) is -2.47. The maximum Gasteiger partial charge on any atom is 2.00 e. The molecular formula is C8H18N2NiO8+2. The molecule has 0 rings (SSSR count). The third kappa shape index (κ3) is 31.4. The molecule has 0 aliphatic heterocycles. The van der Waals surface area contributed by atoms with Crippen molar-refractivity contribution in [3.8, 4) is 0 Å². The zero-order valence-corrected chi connectivity index (χ0v) is 11.3. The minimum atomic E-state index is -1.24. The Balaban J connectivity index is -0.0000000594. The molecule has 11 heteroatoms. The van der Waals surface area contributed by atoms with E-state index in [0.717, 1.165) is 0 Å². The number of hydrogen-bond donors (Lipinski definition) is 2. The number of hydrogen-bond acceptors (Lipinski definition) is 8. The van der Waals surface area contributed by atoms with E-state index in [-0.39, 0.29) is 51.7 Å². The maximum absolute atomic E-state index is 9.67. The Morgan fingerprint density at radius 2 is 1.11 bits per heavy atom. The molecule has 116 valence electrons. The number of nitrogens with zero attached hydrogens (tertiary/aromatic N) is 2. The number of carbonyl (C=O) groups excluding carboxylic acids is 2. The Bertz CT molecular complexity index is 275. The van der Waals surface area contributed by atoms with Crippen LogP contribution >= 0.6 is 0 Å². The van der Waals surface area contributed by atoms with Gasteiger partial charge in [-0.15, -0.1) is 0 Å². The average Bonchev–Trinajstić information content (AvgIpc) is 2.16. The second kappa shape index (κ2) is 18.7. The standard InChI is InChI=1S/2C4H7NO3.Ni.2H2O/c2*1-3(5-8)2-4(6)7;;;/h2*8H,2H2,1H3,(H,6,7);;2*1H2/q;;+2;;/b2*5-3+;;;. The first-order valence-corrected chi connectivity index (χ1v) is 4.08. The van der Waals surface area contributed by atoms with Crippen LogP contribution < -0.4 is 10.2 Å². The van der Waals surface area contributed by atoms with Crippen LogP contribution in [0.25, 0.3) is 0 Å². The van der Waals surface area contributed by atoms with Crippen LogP contribution in [0, 0.1) is 0 Å². The summed E-state index contributed by atoms with van der Waals surface area (Å²) in [6, 6.07) is 0. The van der Waals surface area contributed by atoms with Crippen molar-refractivity contribution >= 4 is 23.4 Å². The first kappa shape index (κ1) is 30.4. The van der Waals surface area contributed by atoms with Crippen LogP contribution in [0.2, 0.25) is 0 Å². The first-order valence-electron chi connectivity index (χ1n) is 4.08. The quantitative estimate of drug-likeness (QED) is 0.173. The fraction of sp³-hybridized carbons (Fsp3) is 0.500. The predicted molar refractivity (Wildman–Crippen MR) is 58.8 cm³/mol. The van der Waals surface area contributed by atoms with Gasteiger partial charge >= 0.3 is 16.5 Å². The topological polar surface area (TPSA) is 211 Å². The minimum Gasteiger partial charge on any atom is -0.550 e. The summed E-state index contributed by atoms with van der Waals surface area (Å²) in [4.78, 5) is 19.3. The van der Waals surface area contributed by atoms with E-state index in [1.807, 2.05) is 0 Å². The molecule has 0 radical (unpaired) electrons. The smallest absolute Gasteiger partial charge is 0.550 e. The number of carbonyl (C=O) groups is 2. The van der Waals surface area contributed by atoms with E-state index in [9.17, 15) is 19.8 Å². The molecule has 0 aromatic heterocycles. The van der Waals surface area contributed by atoms with Crippen LogP contribution in [0.15, 0.2) is 10.3 Å². The summed E-state index contributed by atoms with van der Waals surface area (Å²) < 4.78 is 0. The van der Waals surface area contributed by atoms with Gasteiger partial charge in [0.15, 0.2) is 0 Å². The third-order valence-corrected chi connectivity index (χ3v) is 1.14. The van der Waals surface area contributed by atoms with Crippen molar-refractivity contribution in [1.29, 1.82) is 0 Å². The zero-order chi connectivity index (χ0) is 13.1. The van der Waals surface area contributed by atoms with E-state index in [2.05, 4.69) is 10.3 Å². The fourth-order valence-electron chi connectivity index (χ4n) is 0.488. The molecule has 0 fully saturated rings. The second-order valence-corrected chi connectivity index (χ2v) is 2.77. The Hall–Kier alpha value is -1.71.